The molecule has 3 heterocycles. The molecular weight excluding hydrogens is 356 g/mol. The second-order valence-corrected chi connectivity index (χ2v) is 8.31. The van der Waals surface area contributed by atoms with Crippen molar-refractivity contribution in [3.63, 3.8) is 0 Å². The normalized spacial score (nSPS) is 19.5. The van der Waals surface area contributed by atoms with Crippen molar-refractivity contribution in [1.29, 1.82) is 5.26 Å². The number of fused-ring (bicyclic) bond motifs is 1. The number of imidazole rings is 1. The molecule has 0 aliphatic heterocycles. The summed E-state index contributed by atoms with van der Waals surface area (Å²) in [5.74, 6) is 1.59. The van der Waals surface area contributed by atoms with Crippen molar-refractivity contribution in [2.45, 2.75) is 51.1 Å². The number of aryl methyl sites for hydroxylation is 3. The molecule has 0 radical (unpaired) electrons. The predicted octanol–water partition coefficient (Wildman–Crippen LogP) is 4.15. The van der Waals surface area contributed by atoms with Crippen LogP contribution in [0.5, 0.6) is 0 Å². The number of nitriles is 1. The molecule has 1 aliphatic rings. The highest BCUT2D eigenvalue weighted by Crippen LogP contribution is 2.39. The summed E-state index contributed by atoms with van der Waals surface area (Å²) in [5, 5.41) is 10.3. The minimum absolute atomic E-state index is 0.428. The highest BCUT2D eigenvalue weighted by atomic mass is 32.2. The van der Waals surface area contributed by atoms with E-state index in [1.807, 2.05) is 33.2 Å². The lowest BCUT2D eigenvalue weighted by Gasteiger charge is -2.14. The summed E-state index contributed by atoms with van der Waals surface area (Å²) >= 11 is 1.72. The Morgan fingerprint density at radius 3 is 2.89 bits per heavy atom. The third-order valence-electron chi connectivity index (χ3n) is 5.33. The molecule has 3 aromatic heterocycles. The smallest absolute Gasteiger partial charge is 0.163 e. The average molecular weight is 379 g/mol. The van der Waals surface area contributed by atoms with Gasteiger partial charge in [-0.1, -0.05) is 0 Å². The Kier molecular flexibility index (Phi) is 4.83. The van der Waals surface area contributed by atoms with Crippen LogP contribution in [0.15, 0.2) is 23.7 Å². The molecule has 0 amide bonds. The average Bonchev–Trinajstić information content (AvgIpc) is 3.26. The van der Waals surface area contributed by atoms with Gasteiger partial charge in [0.2, 0.25) is 0 Å². The molecule has 3 aromatic rings. The van der Waals surface area contributed by atoms with E-state index in [0.717, 1.165) is 51.7 Å². The molecule has 0 spiro atoms. The van der Waals surface area contributed by atoms with Gasteiger partial charge in [0.05, 0.1) is 17.6 Å². The number of hydrogen-bond donors (Lipinski definition) is 0. The fourth-order valence-electron chi connectivity index (χ4n) is 3.93. The van der Waals surface area contributed by atoms with Crippen molar-refractivity contribution in [3.8, 4) is 6.07 Å². The molecule has 4 rings (SSSR count). The Bertz CT molecular complexity index is 1030. The lowest BCUT2D eigenvalue weighted by atomic mass is 10.1. The molecule has 0 N–H and O–H groups in total. The van der Waals surface area contributed by atoms with Gasteiger partial charge in [-0.05, 0) is 57.6 Å². The molecule has 1 aliphatic carbocycles. The summed E-state index contributed by atoms with van der Waals surface area (Å²) in [6.07, 6.45) is 6.94. The van der Waals surface area contributed by atoms with Gasteiger partial charge >= 0.3 is 0 Å². The van der Waals surface area contributed by atoms with Crippen LogP contribution in [0.3, 0.4) is 0 Å². The van der Waals surface area contributed by atoms with Crippen molar-refractivity contribution in [1.82, 2.24) is 24.5 Å². The van der Waals surface area contributed by atoms with Gasteiger partial charge in [-0.15, -0.1) is 11.8 Å². The third kappa shape index (κ3) is 3.42. The summed E-state index contributed by atoms with van der Waals surface area (Å²) in [4.78, 5) is 17.8. The molecular formula is C20H22N6S. The predicted molar refractivity (Wildman–Crippen MR) is 106 cm³/mol. The lowest BCUT2D eigenvalue weighted by molar-refractivity contribution is 0.504. The number of nitrogens with zero attached hydrogens (tertiary/aromatic N) is 6. The van der Waals surface area contributed by atoms with Gasteiger partial charge in [-0.3, -0.25) is 0 Å². The fourth-order valence-corrected chi connectivity index (χ4v) is 5.18. The van der Waals surface area contributed by atoms with Gasteiger partial charge < -0.3 is 4.57 Å². The molecule has 1 saturated carbocycles. The molecule has 2 atom stereocenters. The number of pyridine rings is 1. The first-order valence-corrected chi connectivity index (χ1v) is 10.2. The van der Waals surface area contributed by atoms with Gasteiger partial charge in [-0.25, -0.2) is 19.9 Å². The summed E-state index contributed by atoms with van der Waals surface area (Å²) in [7, 11) is 0. The Morgan fingerprint density at radius 2 is 2.07 bits per heavy atom. The molecule has 0 aromatic carbocycles. The van der Waals surface area contributed by atoms with Crippen LogP contribution in [-0.4, -0.2) is 30.3 Å². The van der Waals surface area contributed by atoms with Crippen LogP contribution in [0.2, 0.25) is 0 Å². The maximum atomic E-state index is 9.45. The highest BCUT2D eigenvalue weighted by Gasteiger charge is 2.28. The summed E-state index contributed by atoms with van der Waals surface area (Å²) in [6.45, 7) is 5.94. The number of aromatic nitrogens is 5. The van der Waals surface area contributed by atoms with Gasteiger partial charge in [-0.2, -0.15) is 5.26 Å². The van der Waals surface area contributed by atoms with Crippen LogP contribution in [0.25, 0.3) is 11.2 Å². The molecule has 0 bridgehead atoms. The molecule has 27 heavy (non-hydrogen) atoms. The van der Waals surface area contributed by atoms with E-state index in [0.29, 0.717) is 17.5 Å². The zero-order valence-corrected chi connectivity index (χ0v) is 16.6. The summed E-state index contributed by atoms with van der Waals surface area (Å²) < 4.78 is 2.21. The Hall–Kier alpha value is -2.46. The van der Waals surface area contributed by atoms with Gasteiger partial charge in [0.15, 0.2) is 5.65 Å². The first-order chi connectivity index (χ1) is 13.1. The highest BCUT2D eigenvalue weighted by molar-refractivity contribution is 7.99. The molecule has 138 valence electrons. The zero-order valence-electron chi connectivity index (χ0n) is 15.8. The molecule has 7 heteroatoms. The minimum atomic E-state index is 0.428. The number of thioether (sulfide) groups is 1. The van der Waals surface area contributed by atoms with Crippen LogP contribution in [0, 0.1) is 38.0 Å². The van der Waals surface area contributed by atoms with E-state index < -0.39 is 0 Å². The van der Waals surface area contributed by atoms with E-state index in [2.05, 4.69) is 30.6 Å². The van der Waals surface area contributed by atoms with Crippen molar-refractivity contribution >= 4 is 22.9 Å². The Labute approximate surface area is 163 Å². The second kappa shape index (κ2) is 7.28. The van der Waals surface area contributed by atoms with Crippen LogP contribution in [0.4, 0.5) is 0 Å². The molecule has 6 nitrogen and oxygen atoms in total. The van der Waals surface area contributed by atoms with Crippen LogP contribution < -0.4 is 0 Å². The topological polar surface area (TPSA) is 80.3 Å². The second-order valence-electron chi connectivity index (χ2n) is 7.30. The van der Waals surface area contributed by atoms with E-state index >= 15 is 0 Å². The molecule has 2 unspecified atom stereocenters. The van der Waals surface area contributed by atoms with Crippen molar-refractivity contribution in [2.75, 3.05) is 5.75 Å². The molecule has 0 saturated heterocycles. The van der Waals surface area contributed by atoms with Gasteiger partial charge in [0.25, 0.3) is 0 Å². The largest absolute Gasteiger partial charge is 0.312 e. The zero-order chi connectivity index (χ0) is 19.0. The van der Waals surface area contributed by atoms with E-state index in [4.69, 9.17) is 0 Å². The van der Waals surface area contributed by atoms with Gasteiger partial charge in [0.1, 0.15) is 22.9 Å². The monoisotopic (exact) mass is 378 g/mol. The van der Waals surface area contributed by atoms with E-state index in [9.17, 15) is 5.26 Å². The van der Waals surface area contributed by atoms with Crippen LogP contribution in [-0.2, 0) is 0 Å². The molecule has 1 fully saturated rings. The first kappa shape index (κ1) is 17.9. The fraction of sp³-hybridized carbons (Fsp3) is 0.450. The quantitative estimate of drug-likeness (QED) is 0.634. The number of hydrogen-bond acceptors (Lipinski definition) is 6. The van der Waals surface area contributed by atoms with Crippen LogP contribution >= 0.6 is 11.8 Å². The Morgan fingerprint density at radius 1 is 1.22 bits per heavy atom. The Balaban J connectivity index is 1.46. The van der Waals surface area contributed by atoms with Crippen LogP contribution in [0.1, 0.15) is 47.8 Å². The van der Waals surface area contributed by atoms with Crippen molar-refractivity contribution in [3.05, 3.63) is 41.2 Å². The minimum Gasteiger partial charge on any atom is -0.312 e. The summed E-state index contributed by atoms with van der Waals surface area (Å²) in [6, 6.07) is 4.72. The van der Waals surface area contributed by atoms with Crippen molar-refractivity contribution in [2.24, 2.45) is 5.92 Å². The lowest BCUT2D eigenvalue weighted by Crippen LogP contribution is -2.06. The number of rotatable bonds is 4. The van der Waals surface area contributed by atoms with Gasteiger partial charge in [0, 0.05) is 17.5 Å². The standard InChI is InChI=1S/C20H22N6S/c1-12-6-13(2)25-20(17(12)8-21)27-9-15-4-5-16(7-15)26-11-24-18-14(3)22-10-23-19(18)26/h6,10-11,15-16H,4-5,7,9H2,1-3H3. The summed E-state index contributed by atoms with van der Waals surface area (Å²) in [5.41, 5.74) is 5.45. The van der Waals surface area contributed by atoms with Crippen molar-refractivity contribution < 1.29 is 0 Å². The third-order valence-corrected chi connectivity index (χ3v) is 6.53. The van der Waals surface area contributed by atoms with E-state index in [1.165, 1.54) is 6.42 Å². The maximum absolute atomic E-state index is 9.45. The maximum Gasteiger partial charge on any atom is 0.163 e. The van der Waals surface area contributed by atoms with E-state index in [1.54, 1.807) is 18.1 Å². The first-order valence-electron chi connectivity index (χ1n) is 9.22. The van der Waals surface area contributed by atoms with E-state index in [-0.39, 0.29) is 0 Å². The SMILES string of the molecule is Cc1cc(C)c(C#N)c(SCC2CCC(n3cnc4c(C)ncnc43)C2)n1.